The first-order chi connectivity index (χ1) is 13.9. The van der Waals surface area contributed by atoms with Gasteiger partial charge in [0.2, 0.25) is 0 Å². The van der Waals surface area contributed by atoms with E-state index in [0.29, 0.717) is 11.3 Å². The number of carbonyl (C=O) groups excluding carboxylic acids is 1. The van der Waals surface area contributed by atoms with Crippen molar-refractivity contribution in [2.24, 2.45) is 0 Å². The van der Waals surface area contributed by atoms with E-state index < -0.39 is 24.2 Å². The second-order valence-electron chi connectivity index (χ2n) is 5.59. The first-order valence-corrected chi connectivity index (χ1v) is 9.19. The Morgan fingerprint density at radius 3 is 2.62 bits per heavy atom. The van der Waals surface area contributed by atoms with Crippen molar-refractivity contribution in [1.82, 2.24) is 4.98 Å². The van der Waals surface area contributed by atoms with Gasteiger partial charge < -0.3 is 9.47 Å². The smallest absolute Gasteiger partial charge is 0.387 e. The van der Waals surface area contributed by atoms with Crippen LogP contribution < -0.4 is 14.8 Å². The van der Waals surface area contributed by atoms with Crippen LogP contribution in [0.15, 0.2) is 41.8 Å². The second kappa shape index (κ2) is 8.91. The maximum Gasteiger partial charge on any atom is 0.387 e. The van der Waals surface area contributed by atoms with Crippen molar-refractivity contribution in [3.63, 3.8) is 0 Å². The van der Waals surface area contributed by atoms with E-state index in [2.05, 4.69) is 15.0 Å². The maximum atomic E-state index is 13.4. The number of thiazole rings is 1. The molecular formula is C19H14F4N2O3S. The summed E-state index contributed by atoms with van der Waals surface area (Å²) in [6.07, 6.45) is 0. The summed E-state index contributed by atoms with van der Waals surface area (Å²) in [5.41, 5.74) is 0.854. The van der Waals surface area contributed by atoms with Crippen LogP contribution in [0.4, 0.5) is 22.7 Å². The van der Waals surface area contributed by atoms with Crippen molar-refractivity contribution in [2.45, 2.75) is 13.5 Å². The lowest BCUT2D eigenvalue weighted by atomic mass is 10.1. The molecule has 10 heteroatoms. The summed E-state index contributed by atoms with van der Waals surface area (Å²) in [5.74, 6) is -2.71. The lowest BCUT2D eigenvalue weighted by molar-refractivity contribution is -0.0514. The molecular weight excluding hydrogens is 412 g/mol. The van der Waals surface area contributed by atoms with Gasteiger partial charge in [-0.1, -0.05) is 0 Å². The number of ether oxygens (including phenoxy) is 2. The van der Waals surface area contributed by atoms with Crippen LogP contribution in [0.5, 0.6) is 11.5 Å². The van der Waals surface area contributed by atoms with Gasteiger partial charge in [0.05, 0.1) is 12.3 Å². The first kappa shape index (κ1) is 20.6. The summed E-state index contributed by atoms with van der Waals surface area (Å²) in [6, 6.07) is 7.16. The number of halogens is 4. The highest BCUT2D eigenvalue weighted by molar-refractivity contribution is 7.14. The summed E-state index contributed by atoms with van der Waals surface area (Å²) in [5, 5.41) is 4.36. The molecule has 0 unspecified atom stereocenters. The van der Waals surface area contributed by atoms with Gasteiger partial charge in [-0.05, 0) is 43.3 Å². The zero-order valence-corrected chi connectivity index (χ0v) is 15.7. The molecule has 29 heavy (non-hydrogen) atoms. The number of anilines is 1. The van der Waals surface area contributed by atoms with Gasteiger partial charge in [-0.25, -0.2) is 13.8 Å². The molecule has 0 aliphatic rings. The van der Waals surface area contributed by atoms with Crippen LogP contribution >= 0.6 is 11.3 Å². The molecule has 0 fully saturated rings. The Labute approximate surface area is 166 Å². The summed E-state index contributed by atoms with van der Waals surface area (Å²) >= 11 is 1.09. The molecule has 1 N–H and O–H groups in total. The van der Waals surface area contributed by atoms with E-state index in [1.807, 2.05) is 0 Å². The van der Waals surface area contributed by atoms with Gasteiger partial charge in [0.15, 0.2) is 28.3 Å². The molecule has 3 aromatic rings. The largest absolute Gasteiger partial charge is 0.490 e. The number of hydrogen-bond acceptors (Lipinski definition) is 5. The Hall–Kier alpha value is -3.14. The number of amides is 1. The van der Waals surface area contributed by atoms with Gasteiger partial charge in [-0.15, -0.1) is 11.3 Å². The van der Waals surface area contributed by atoms with Crippen LogP contribution in [0, 0.1) is 11.6 Å². The number of benzene rings is 2. The monoisotopic (exact) mass is 426 g/mol. The topological polar surface area (TPSA) is 60.5 Å². The van der Waals surface area contributed by atoms with Crippen molar-refractivity contribution in [3.8, 4) is 22.8 Å². The molecule has 5 nitrogen and oxygen atoms in total. The zero-order valence-electron chi connectivity index (χ0n) is 14.9. The third-order valence-corrected chi connectivity index (χ3v) is 4.42. The van der Waals surface area contributed by atoms with Gasteiger partial charge in [0.25, 0.3) is 5.91 Å². The Balaban J connectivity index is 1.77. The number of rotatable bonds is 7. The van der Waals surface area contributed by atoms with Crippen molar-refractivity contribution in [1.29, 1.82) is 0 Å². The summed E-state index contributed by atoms with van der Waals surface area (Å²) in [6.45, 7) is -1.18. The first-order valence-electron chi connectivity index (χ1n) is 8.31. The second-order valence-corrected chi connectivity index (χ2v) is 6.45. The standard InChI is InChI=1S/C19H14F4N2O3S/c1-2-27-16-8-11(4-6-15(16)28-18(22)23)17(26)25-19-24-14(9-29-19)10-3-5-12(20)13(21)7-10/h3-9,18H,2H2,1H3,(H,24,25,26). The van der Waals surface area contributed by atoms with E-state index in [1.54, 1.807) is 12.3 Å². The number of alkyl halides is 2. The fraction of sp³-hybridized carbons (Fsp3) is 0.158. The molecule has 3 rings (SSSR count). The van der Waals surface area contributed by atoms with Gasteiger partial charge >= 0.3 is 6.61 Å². The minimum Gasteiger partial charge on any atom is -0.490 e. The van der Waals surface area contributed by atoms with Crippen molar-refractivity contribution in [3.05, 3.63) is 59.0 Å². The van der Waals surface area contributed by atoms with E-state index in [9.17, 15) is 22.4 Å². The molecule has 0 radical (unpaired) electrons. The average molecular weight is 426 g/mol. The van der Waals surface area contributed by atoms with E-state index in [-0.39, 0.29) is 28.8 Å². The number of carbonyl (C=O) groups is 1. The Morgan fingerprint density at radius 2 is 1.93 bits per heavy atom. The molecule has 0 saturated carbocycles. The van der Waals surface area contributed by atoms with Crippen molar-refractivity contribution >= 4 is 22.4 Å². The molecule has 0 bridgehead atoms. The molecule has 1 heterocycles. The van der Waals surface area contributed by atoms with Crippen molar-refractivity contribution in [2.75, 3.05) is 11.9 Å². The van der Waals surface area contributed by atoms with Gasteiger partial charge in [-0.2, -0.15) is 8.78 Å². The predicted octanol–water partition coefficient (Wildman–Crippen LogP) is 5.34. The van der Waals surface area contributed by atoms with E-state index in [1.165, 1.54) is 24.3 Å². The lowest BCUT2D eigenvalue weighted by Gasteiger charge is -2.12. The zero-order chi connectivity index (χ0) is 21.0. The van der Waals surface area contributed by atoms with Crippen LogP contribution in [0.25, 0.3) is 11.3 Å². The normalized spacial score (nSPS) is 10.8. The molecule has 0 spiro atoms. The van der Waals surface area contributed by atoms with Crippen LogP contribution in [0.3, 0.4) is 0 Å². The van der Waals surface area contributed by atoms with Crippen LogP contribution in [-0.2, 0) is 0 Å². The highest BCUT2D eigenvalue weighted by Gasteiger charge is 2.16. The van der Waals surface area contributed by atoms with Crippen molar-refractivity contribution < 1.29 is 31.8 Å². The molecule has 1 aromatic heterocycles. The maximum absolute atomic E-state index is 13.4. The Morgan fingerprint density at radius 1 is 1.14 bits per heavy atom. The van der Waals surface area contributed by atoms with Crippen LogP contribution in [-0.4, -0.2) is 24.1 Å². The van der Waals surface area contributed by atoms with E-state index in [0.717, 1.165) is 23.5 Å². The molecule has 2 aromatic carbocycles. The van der Waals surface area contributed by atoms with Gasteiger partial charge in [0.1, 0.15) is 0 Å². The number of nitrogens with one attached hydrogen (secondary N) is 1. The number of aromatic nitrogens is 1. The summed E-state index contributed by atoms with van der Waals surface area (Å²) in [4.78, 5) is 16.6. The lowest BCUT2D eigenvalue weighted by Crippen LogP contribution is -2.12. The third kappa shape index (κ3) is 5.02. The molecule has 0 atom stereocenters. The van der Waals surface area contributed by atoms with Gasteiger partial charge in [0, 0.05) is 16.5 Å². The fourth-order valence-electron chi connectivity index (χ4n) is 2.40. The predicted molar refractivity (Wildman–Crippen MR) is 99.7 cm³/mol. The minimum atomic E-state index is -3.03. The minimum absolute atomic E-state index is 0.00191. The average Bonchev–Trinajstić information content (AvgIpc) is 3.13. The third-order valence-electron chi connectivity index (χ3n) is 3.66. The number of nitrogens with zero attached hydrogens (tertiary/aromatic N) is 1. The van der Waals surface area contributed by atoms with Crippen LogP contribution in [0.2, 0.25) is 0 Å². The van der Waals surface area contributed by atoms with E-state index >= 15 is 0 Å². The van der Waals surface area contributed by atoms with Crippen LogP contribution in [0.1, 0.15) is 17.3 Å². The molecule has 0 aliphatic carbocycles. The fourth-order valence-corrected chi connectivity index (χ4v) is 3.11. The van der Waals surface area contributed by atoms with Gasteiger partial charge in [-0.3, -0.25) is 10.1 Å². The Kier molecular flexibility index (Phi) is 6.32. The molecule has 152 valence electrons. The molecule has 0 aliphatic heterocycles. The number of hydrogen-bond donors (Lipinski definition) is 1. The highest BCUT2D eigenvalue weighted by Crippen LogP contribution is 2.31. The summed E-state index contributed by atoms with van der Waals surface area (Å²) in [7, 11) is 0. The Bertz CT molecular complexity index is 1030. The quantitative estimate of drug-likeness (QED) is 0.518. The highest BCUT2D eigenvalue weighted by atomic mass is 32.1. The molecule has 1 amide bonds. The van der Waals surface area contributed by atoms with E-state index in [4.69, 9.17) is 4.74 Å². The summed E-state index contributed by atoms with van der Waals surface area (Å²) < 4.78 is 61.0. The molecule has 0 saturated heterocycles. The SMILES string of the molecule is CCOc1cc(C(=O)Nc2nc(-c3ccc(F)c(F)c3)cs2)ccc1OC(F)F.